The topological polar surface area (TPSA) is 41.3 Å². The smallest absolute Gasteiger partial charge is 0.198 e. The first-order chi connectivity index (χ1) is 7.83. The lowest BCUT2D eigenvalue weighted by molar-refractivity contribution is 0.202. The Kier molecular flexibility index (Phi) is 3.96. The average molecular weight is 223 g/mol. The van der Waals surface area contributed by atoms with Crippen molar-refractivity contribution in [2.24, 2.45) is 0 Å². The first-order valence-electron chi connectivity index (χ1n) is 6.14. The minimum absolute atomic E-state index is 0.485. The summed E-state index contributed by atoms with van der Waals surface area (Å²) >= 11 is 0. The summed E-state index contributed by atoms with van der Waals surface area (Å²) in [6.07, 6.45) is 4.23. The molecule has 1 N–H and O–H groups in total. The van der Waals surface area contributed by atoms with E-state index in [0.717, 1.165) is 31.2 Å². The van der Waals surface area contributed by atoms with E-state index < -0.39 is 0 Å². The van der Waals surface area contributed by atoms with E-state index in [4.69, 9.17) is 4.42 Å². The van der Waals surface area contributed by atoms with Crippen molar-refractivity contribution >= 4 is 0 Å². The Morgan fingerprint density at radius 3 is 3.25 bits per heavy atom. The summed E-state index contributed by atoms with van der Waals surface area (Å²) in [5.74, 6) is 1.41. The number of nitrogens with zero attached hydrogens (tertiary/aromatic N) is 2. The molecule has 2 rings (SSSR count). The maximum absolute atomic E-state index is 5.57. The molecule has 0 aliphatic carbocycles. The highest BCUT2D eigenvalue weighted by Gasteiger charge is 2.23. The van der Waals surface area contributed by atoms with Crippen molar-refractivity contribution in [2.45, 2.75) is 32.2 Å². The van der Waals surface area contributed by atoms with E-state index >= 15 is 0 Å². The van der Waals surface area contributed by atoms with Crippen LogP contribution >= 0.6 is 0 Å². The molecule has 1 unspecified atom stereocenters. The Labute approximate surface area is 97.0 Å². The summed E-state index contributed by atoms with van der Waals surface area (Å²) in [6, 6.07) is 0. The molecule has 4 heteroatoms. The van der Waals surface area contributed by atoms with Crippen molar-refractivity contribution in [3.8, 4) is 0 Å². The zero-order chi connectivity index (χ0) is 11.4. The van der Waals surface area contributed by atoms with Gasteiger partial charge in [-0.2, -0.15) is 0 Å². The maximum atomic E-state index is 5.57. The molecule has 0 bridgehead atoms. The fourth-order valence-electron chi connectivity index (χ4n) is 2.32. The van der Waals surface area contributed by atoms with Crippen LogP contribution in [-0.2, 0) is 6.54 Å². The minimum Gasteiger partial charge on any atom is -0.448 e. The summed E-state index contributed by atoms with van der Waals surface area (Å²) in [5.41, 5.74) is 1.01. The van der Waals surface area contributed by atoms with Crippen LogP contribution in [0.3, 0.4) is 0 Å². The summed E-state index contributed by atoms with van der Waals surface area (Å²) in [5, 5.41) is 3.09. The molecule has 1 aromatic rings. The quantitative estimate of drug-likeness (QED) is 0.841. The van der Waals surface area contributed by atoms with Crippen LogP contribution < -0.4 is 5.32 Å². The van der Waals surface area contributed by atoms with Crippen molar-refractivity contribution in [1.82, 2.24) is 15.2 Å². The minimum atomic E-state index is 0.485. The molecule has 1 aliphatic heterocycles. The fraction of sp³-hybridized carbons (Fsp3) is 0.750. The standard InChI is InChI=1S/C12H21N3O/c1-3-15-6-4-5-10(8-15)12-14-11(7-13-2)9-16-12/h9-10,13H,3-8H2,1-2H3. The van der Waals surface area contributed by atoms with Gasteiger partial charge in [0.1, 0.15) is 6.26 Å². The Hall–Kier alpha value is -0.870. The molecule has 1 atom stereocenters. The van der Waals surface area contributed by atoms with E-state index in [1.165, 1.54) is 19.4 Å². The Balaban J connectivity index is 1.99. The molecule has 0 amide bonds. The van der Waals surface area contributed by atoms with Gasteiger partial charge >= 0.3 is 0 Å². The number of nitrogens with one attached hydrogen (secondary N) is 1. The van der Waals surface area contributed by atoms with E-state index in [1.807, 2.05) is 7.05 Å². The molecular weight excluding hydrogens is 202 g/mol. The lowest BCUT2D eigenvalue weighted by Gasteiger charge is -2.29. The third-order valence-electron chi connectivity index (χ3n) is 3.23. The van der Waals surface area contributed by atoms with Crippen molar-refractivity contribution in [3.05, 3.63) is 17.8 Å². The molecule has 4 nitrogen and oxygen atoms in total. The summed E-state index contributed by atoms with van der Waals surface area (Å²) in [6.45, 7) is 6.44. The van der Waals surface area contributed by atoms with Crippen molar-refractivity contribution in [3.63, 3.8) is 0 Å². The zero-order valence-electron chi connectivity index (χ0n) is 10.2. The van der Waals surface area contributed by atoms with Gasteiger partial charge in [-0.05, 0) is 33.0 Å². The van der Waals surface area contributed by atoms with E-state index in [9.17, 15) is 0 Å². The van der Waals surface area contributed by atoms with Gasteiger partial charge in [0, 0.05) is 19.0 Å². The zero-order valence-corrected chi connectivity index (χ0v) is 10.2. The first kappa shape index (κ1) is 11.6. The van der Waals surface area contributed by atoms with Crippen LogP contribution in [0.1, 0.15) is 37.3 Å². The van der Waals surface area contributed by atoms with Gasteiger partial charge < -0.3 is 14.6 Å². The largest absolute Gasteiger partial charge is 0.448 e. The third kappa shape index (κ3) is 2.62. The Morgan fingerprint density at radius 2 is 2.50 bits per heavy atom. The summed E-state index contributed by atoms with van der Waals surface area (Å²) < 4.78 is 5.57. The van der Waals surface area contributed by atoms with E-state index in [-0.39, 0.29) is 0 Å². The highest BCUT2D eigenvalue weighted by molar-refractivity contribution is 5.02. The lowest BCUT2D eigenvalue weighted by Crippen LogP contribution is -2.34. The average Bonchev–Trinajstić information content (AvgIpc) is 2.78. The fourth-order valence-corrected chi connectivity index (χ4v) is 2.32. The molecule has 90 valence electrons. The molecule has 0 radical (unpaired) electrons. The number of hydrogen-bond donors (Lipinski definition) is 1. The Morgan fingerprint density at radius 1 is 1.62 bits per heavy atom. The number of piperidine rings is 1. The maximum Gasteiger partial charge on any atom is 0.198 e. The van der Waals surface area contributed by atoms with Gasteiger partial charge in [-0.25, -0.2) is 4.98 Å². The van der Waals surface area contributed by atoms with Gasteiger partial charge in [-0.15, -0.1) is 0 Å². The summed E-state index contributed by atoms with van der Waals surface area (Å²) in [4.78, 5) is 7.00. The van der Waals surface area contributed by atoms with Gasteiger partial charge in [-0.3, -0.25) is 0 Å². The normalized spacial score (nSPS) is 22.5. The number of oxazole rings is 1. The van der Waals surface area contributed by atoms with Gasteiger partial charge in [0.05, 0.1) is 5.69 Å². The molecule has 2 heterocycles. The molecule has 16 heavy (non-hydrogen) atoms. The molecule has 1 aromatic heterocycles. The van der Waals surface area contributed by atoms with Gasteiger partial charge in [0.25, 0.3) is 0 Å². The van der Waals surface area contributed by atoms with Crippen LogP contribution in [-0.4, -0.2) is 36.6 Å². The van der Waals surface area contributed by atoms with Crippen molar-refractivity contribution in [2.75, 3.05) is 26.7 Å². The van der Waals surface area contributed by atoms with Gasteiger partial charge in [0.15, 0.2) is 5.89 Å². The lowest BCUT2D eigenvalue weighted by atomic mass is 9.98. The molecule has 0 spiro atoms. The highest BCUT2D eigenvalue weighted by Crippen LogP contribution is 2.26. The second-order valence-electron chi connectivity index (χ2n) is 4.44. The molecule has 0 saturated carbocycles. The van der Waals surface area contributed by atoms with E-state index in [1.54, 1.807) is 6.26 Å². The van der Waals surface area contributed by atoms with Crippen LogP contribution in [0, 0.1) is 0 Å². The van der Waals surface area contributed by atoms with Gasteiger partial charge in [0.2, 0.25) is 0 Å². The molecule has 1 aliphatic rings. The highest BCUT2D eigenvalue weighted by atomic mass is 16.3. The SMILES string of the molecule is CCN1CCCC(c2nc(CNC)co2)C1. The molecule has 1 saturated heterocycles. The van der Waals surface area contributed by atoms with Gasteiger partial charge in [-0.1, -0.05) is 6.92 Å². The van der Waals surface area contributed by atoms with Crippen LogP contribution in [0.2, 0.25) is 0 Å². The number of aromatic nitrogens is 1. The van der Waals surface area contributed by atoms with E-state index in [2.05, 4.69) is 22.1 Å². The van der Waals surface area contributed by atoms with Crippen LogP contribution in [0.15, 0.2) is 10.7 Å². The monoisotopic (exact) mass is 223 g/mol. The van der Waals surface area contributed by atoms with E-state index in [0.29, 0.717) is 5.92 Å². The Bertz CT molecular complexity index is 324. The summed E-state index contributed by atoms with van der Waals surface area (Å²) in [7, 11) is 1.92. The number of likely N-dealkylation sites (tertiary alicyclic amines) is 1. The number of rotatable bonds is 4. The van der Waals surface area contributed by atoms with Crippen LogP contribution in [0.25, 0.3) is 0 Å². The van der Waals surface area contributed by atoms with Crippen molar-refractivity contribution < 1.29 is 4.42 Å². The molecular formula is C12H21N3O. The van der Waals surface area contributed by atoms with Crippen molar-refractivity contribution in [1.29, 1.82) is 0 Å². The molecule has 0 aromatic carbocycles. The second-order valence-corrected chi connectivity index (χ2v) is 4.44. The van der Waals surface area contributed by atoms with Crippen LogP contribution in [0.5, 0.6) is 0 Å². The number of hydrogen-bond acceptors (Lipinski definition) is 4. The third-order valence-corrected chi connectivity index (χ3v) is 3.23. The predicted octanol–water partition coefficient (Wildman–Crippen LogP) is 1.59. The number of likely N-dealkylation sites (N-methyl/N-ethyl adjacent to an activating group) is 1. The predicted molar refractivity (Wildman–Crippen MR) is 63.4 cm³/mol. The van der Waals surface area contributed by atoms with Crippen LogP contribution in [0.4, 0.5) is 0 Å². The first-order valence-corrected chi connectivity index (χ1v) is 6.14. The second kappa shape index (κ2) is 5.46. The molecule has 1 fully saturated rings.